The van der Waals surface area contributed by atoms with Gasteiger partial charge in [-0.3, -0.25) is 9.98 Å². The van der Waals surface area contributed by atoms with Crippen molar-refractivity contribution in [2.45, 2.75) is 13.8 Å². The molecule has 0 spiro atoms. The maximum Gasteiger partial charge on any atom is 0.0588 e. The molecule has 2 heterocycles. The van der Waals surface area contributed by atoms with Gasteiger partial charge in [0.05, 0.1) is 13.1 Å². The third kappa shape index (κ3) is 3.62. The van der Waals surface area contributed by atoms with E-state index in [4.69, 9.17) is 0 Å². The highest BCUT2D eigenvalue weighted by molar-refractivity contribution is 7.08. The van der Waals surface area contributed by atoms with Gasteiger partial charge in [-0.2, -0.15) is 22.7 Å². The molecule has 2 aromatic heterocycles. The maximum absolute atomic E-state index is 4.54. The highest BCUT2D eigenvalue weighted by Gasteiger charge is 1.97. The summed E-state index contributed by atoms with van der Waals surface area (Å²) in [4.78, 5) is 9.08. The highest BCUT2D eigenvalue weighted by Crippen LogP contribution is 2.08. The van der Waals surface area contributed by atoms with Crippen LogP contribution in [0.25, 0.3) is 0 Å². The molecule has 94 valence electrons. The molecule has 0 radical (unpaired) electrons. The Bertz CT molecular complexity index is 472. The number of nitrogens with zero attached hydrogens (tertiary/aromatic N) is 2. The Morgan fingerprint density at radius 2 is 1.33 bits per heavy atom. The number of rotatable bonds is 5. The summed E-state index contributed by atoms with van der Waals surface area (Å²) >= 11 is 3.41. The highest BCUT2D eigenvalue weighted by atomic mass is 32.1. The van der Waals surface area contributed by atoms with Crippen LogP contribution in [0.1, 0.15) is 25.0 Å². The Morgan fingerprint density at radius 3 is 1.67 bits per heavy atom. The van der Waals surface area contributed by atoms with Gasteiger partial charge in [-0.15, -0.1) is 0 Å². The molecule has 2 nitrogen and oxygen atoms in total. The molecule has 0 saturated heterocycles. The Morgan fingerprint density at radius 1 is 0.889 bits per heavy atom. The molecule has 0 aliphatic rings. The summed E-state index contributed by atoms with van der Waals surface area (Å²) in [6, 6.07) is 4.20. The van der Waals surface area contributed by atoms with E-state index in [0.29, 0.717) is 0 Å². The summed E-state index contributed by atoms with van der Waals surface area (Å²) in [5.41, 5.74) is 4.64. The number of hydrogen-bond donors (Lipinski definition) is 0. The van der Waals surface area contributed by atoms with E-state index in [9.17, 15) is 0 Å². The third-order valence-corrected chi connectivity index (χ3v) is 4.04. The second-order valence-electron chi connectivity index (χ2n) is 3.96. The Kier molecular flexibility index (Phi) is 4.84. The van der Waals surface area contributed by atoms with Gasteiger partial charge in [0.2, 0.25) is 0 Å². The first-order valence-corrected chi connectivity index (χ1v) is 7.73. The standard InChI is InChI=1S/C14H16N2S2/c1-11(13-3-7-17-9-13)15-5-6-16-12(2)14-4-8-18-10-14/h3-4,7-10H,5-6H2,1-2H3. The van der Waals surface area contributed by atoms with Gasteiger partial charge in [-0.25, -0.2) is 0 Å². The van der Waals surface area contributed by atoms with Crippen molar-refractivity contribution in [3.8, 4) is 0 Å². The molecular formula is C14H16N2S2. The van der Waals surface area contributed by atoms with E-state index in [1.807, 2.05) is 0 Å². The molecule has 0 amide bonds. The van der Waals surface area contributed by atoms with Crippen LogP contribution in [-0.2, 0) is 0 Å². The van der Waals surface area contributed by atoms with Crippen LogP contribution >= 0.6 is 22.7 Å². The van der Waals surface area contributed by atoms with Gasteiger partial charge in [0, 0.05) is 22.6 Å². The quantitative estimate of drug-likeness (QED) is 0.579. The first kappa shape index (κ1) is 13.2. The summed E-state index contributed by atoms with van der Waals surface area (Å²) in [6.07, 6.45) is 0. The predicted molar refractivity (Wildman–Crippen MR) is 82.8 cm³/mol. The molecule has 0 saturated carbocycles. The van der Waals surface area contributed by atoms with Crippen molar-refractivity contribution in [2.75, 3.05) is 13.1 Å². The van der Waals surface area contributed by atoms with Gasteiger partial charge in [-0.1, -0.05) is 0 Å². The maximum atomic E-state index is 4.54. The second-order valence-corrected chi connectivity index (χ2v) is 5.52. The van der Waals surface area contributed by atoms with Crippen molar-refractivity contribution in [2.24, 2.45) is 9.98 Å². The number of thiophene rings is 2. The minimum Gasteiger partial charge on any atom is -0.287 e. The third-order valence-electron chi connectivity index (χ3n) is 2.68. The summed E-state index contributed by atoms with van der Waals surface area (Å²) < 4.78 is 0. The molecule has 0 N–H and O–H groups in total. The summed E-state index contributed by atoms with van der Waals surface area (Å²) in [5.74, 6) is 0. The Hall–Kier alpha value is -1.26. The Balaban J connectivity index is 1.86. The van der Waals surface area contributed by atoms with Crippen LogP contribution in [0, 0.1) is 0 Å². The Labute approximate surface area is 116 Å². The second kappa shape index (κ2) is 6.61. The zero-order chi connectivity index (χ0) is 12.8. The average molecular weight is 276 g/mol. The van der Waals surface area contributed by atoms with Gasteiger partial charge in [0.1, 0.15) is 0 Å². The normalized spacial score (nSPS) is 13.0. The SMILES string of the molecule is CC(=NCCN=C(C)c1ccsc1)c1ccsc1. The van der Waals surface area contributed by atoms with Crippen molar-refractivity contribution in [3.63, 3.8) is 0 Å². The van der Waals surface area contributed by atoms with E-state index in [1.165, 1.54) is 11.1 Å². The van der Waals surface area contributed by atoms with Crippen molar-refractivity contribution >= 4 is 34.1 Å². The molecule has 4 heteroatoms. The molecule has 18 heavy (non-hydrogen) atoms. The smallest absolute Gasteiger partial charge is 0.0588 e. The van der Waals surface area contributed by atoms with Gasteiger partial charge >= 0.3 is 0 Å². The monoisotopic (exact) mass is 276 g/mol. The van der Waals surface area contributed by atoms with Crippen LogP contribution in [0.4, 0.5) is 0 Å². The van der Waals surface area contributed by atoms with E-state index in [0.717, 1.165) is 24.5 Å². The van der Waals surface area contributed by atoms with Gasteiger partial charge in [-0.05, 0) is 47.5 Å². The van der Waals surface area contributed by atoms with Crippen LogP contribution < -0.4 is 0 Å². The fourth-order valence-corrected chi connectivity index (χ4v) is 2.96. The van der Waals surface area contributed by atoms with E-state index in [-0.39, 0.29) is 0 Å². The van der Waals surface area contributed by atoms with Crippen LogP contribution in [0.15, 0.2) is 43.6 Å². The van der Waals surface area contributed by atoms with Crippen molar-refractivity contribution < 1.29 is 0 Å². The molecular weight excluding hydrogens is 260 g/mol. The molecule has 0 bridgehead atoms. The molecule has 0 aromatic carbocycles. The van der Waals surface area contributed by atoms with Crippen LogP contribution in [-0.4, -0.2) is 24.5 Å². The first-order chi connectivity index (χ1) is 8.77. The molecule has 0 fully saturated rings. The lowest BCUT2D eigenvalue weighted by Crippen LogP contribution is -1.99. The zero-order valence-electron chi connectivity index (χ0n) is 10.6. The lowest BCUT2D eigenvalue weighted by Gasteiger charge is -1.98. The van der Waals surface area contributed by atoms with E-state index in [2.05, 4.69) is 57.5 Å². The molecule has 0 unspecified atom stereocenters. The van der Waals surface area contributed by atoms with Gasteiger partial charge in [0.25, 0.3) is 0 Å². The van der Waals surface area contributed by atoms with E-state index in [1.54, 1.807) is 22.7 Å². The largest absolute Gasteiger partial charge is 0.287 e. The lowest BCUT2D eigenvalue weighted by molar-refractivity contribution is 0.973. The molecule has 0 aliphatic carbocycles. The molecule has 0 aliphatic heterocycles. The minimum atomic E-state index is 0.753. The van der Waals surface area contributed by atoms with E-state index < -0.39 is 0 Å². The average Bonchev–Trinajstić information content (AvgIpc) is 3.05. The van der Waals surface area contributed by atoms with Crippen LogP contribution in [0.5, 0.6) is 0 Å². The fraction of sp³-hybridized carbons (Fsp3) is 0.286. The molecule has 2 rings (SSSR count). The fourth-order valence-electron chi connectivity index (χ4n) is 1.56. The predicted octanol–water partition coefficient (Wildman–Crippen LogP) is 4.13. The van der Waals surface area contributed by atoms with Crippen molar-refractivity contribution in [1.29, 1.82) is 0 Å². The van der Waals surface area contributed by atoms with Gasteiger partial charge < -0.3 is 0 Å². The summed E-state index contributed by atoms with van der Waals surface area (Å²) in [7, 11) is 0. The first-order valence-electron chi connectivity index (χ1n) is 5.84. The summed E-state index contributed by atoms with van der Waals surface area (Å²) in [6.45, 7) is 5.61. The van der Waals surface area contributed by atoms with Crippen LogP contribution in [0.3, 0.4) is 0 Å². The lowest BCUT2D eigenvalue weighted by atomic mass is 10.2. The summed E-state index contributed by atoms with van der Waals surface area (Å²) in [5, 5.41) is 8.40. The van der Waals surface area contributed by atoms with Crippen molar-refractivity contribution in [3.05, 3.63) is 44.8 Å². The van der Waals surface area contributed by atoms with E-state index >= 15 is 0 Å². The van der Waals surface area contributed by atoms with Crippen LogP contribution in [0.2, 0.25) is 0 Å². The number of hydrogen-bond acceptors (Lipinski definition) is 4. The van der Waals surface area contributed by atoms with Gasteiger partial charge in [0.15, 0.2) is 0 Å². The minimum absolute atomic E-state index is 0.753. The zero-order valence-corrected chi connectivity index (χ0v) is 12.2. The van der Waals surface area contributed by atoms with Crippen molar-refractivity contribution in [1.82, 2.24) is 0 Å². The molecule has 0 atom stereocenters. The topological polar surface area (TPSA) is 24.7 Å². The molecule has 2 aromatic rings. The number of aliphatic imine (C=N–C) groups is 2.